The summed E-state index contributed by atoms with van der Waals surface area (Å²) in [4.78, 5) is 8.57. The van der Waals surface area contributed by atoms with E-state index in [-0.39, 0.29) is 0 Å². The van der Waals surface area contributed by atoms with Gasteiger partial charge in [0.05, 0.1) is 18.5 Å². The number of nitrogens with one attached hydrogen (secondary N) is 2. The fourth-order valence-electron chi connectivity index (χ4n) is 2.00. The third-order valence-electron chi connectivity index (χ3n) is 3.07. The molecular weight excluding hydrogens is 216 g/mol. The normalized spacial score (nSPS) is 23.6. The molecule has 0 spiro atoms. The van der Waals surface area contributed by atoms with Gasteiger partial charge in [-0.05, 0) is 20.3 Å². The summed E-state index contributed by atoms with van der Waals surface area (Å²) in [5, 5.41) is 6.47. The standard InChI is InChI=1S/C12H20N4O/c1-3-14-11-7-13-8-12(16-11)15-6-10-4-5-17-9(10)2/h7-10H,3-6H2,1-2H3,(H2,14,15,16). The molecule has 2 heterocycles. The van der Waals surface area contributed by atoms with Crippen LogP contribution >= 0.6 is 0 Å². The Morgan fingerprint density at radius 2 is 2.12 bits per heavy atom. The summed E-state index contributed by atoms with van der Waals surface area (Å²) in [5.74, 6) is 2.20. The highest BCUT2D eigenvalue weighted by Crippen LogP contribution is 2.20. The second kappa shape index (κ2) is 5.82. The monoisotopic (exact) mass is 236 g/mol. The van der Waals surface area contributed by atoms with Crippen LogP contribution in [0.2, 0.25) is 0 Å². The first-order chi connectivity index (χ1) is 8.29. The molecule has 0 radical (unpaired) electrons. The SMILES string of the molecule is CCNc1cncc(NCC2CCOC2C)n1. The molecule has 94 valence electrons. The number of aromatic nitrogens is 2. The van der Waals surface area contributed by atoms with Gasteiger partial charge in [-0.25, -0.2) is 4.98 Å². The largest absolute Gasteiger partial charge is 0.378 e. The van der Waals surface area contributed by atoms with Gasteiger partial charge in [-0.1, -0.05) is 0 Å². The summed E-state index contributed by atoms with van der Waals surface area (Å²) in [6.07, 6.45) is 4.94. The van der Waals surface area contributed by atoms with Crippen LogP contribution in [0.25, 0.3) is 0 Å². The highest BCUT2D eigenvalue weighted by Gasteiger charge is 2.23. The van der Waals surface area contributed by atoms with Crippen LogP contribution in [0, 0.1) is 5.92 Å². The fourth-order valence-corrected chi connectivity index (χ4v) is 2.00. The van der Waals surface area contributed by atoms with Gasteiger partial charge in [0.15, 0.2) is 0 Å². The zero-order chi connectivity index (χ0) is 12.1. The van der Waals surface area contributed by atoms with Gasteiger partial charge in [-0.15, -0.1) is 0 Å². The molecule has 1 aliphatic heterocycles. The van der Waals surface area contributed by atoms with Crippen LogP contribution < -0.4 is 10.6 Å². The summed E-state index contributed by atoms with van der Waals surface area (Å²) in [5.41, 5.74) is 0. The lowest BCUT2D eigenvalue weighted by atomic mass is 10.0. The van der Waals surface area contributed by atoms with E-state index in [2.05, 4.69) is 27.5 Å². The number of anilines is 2. The van der Waals surface area contributed by atoms with Gasteiger partial charge in [0, 0.05) is 25.6 Å². The van der Waals surface area contributed by atoms with Crippen LogP contribution in [0.3, 0.4) is 0 Å². The van der Waals surface area contributed by atoms with Gasteiger partial charge in [-0.3, -0.25) is 4.98 Å². The molecule has 1 aromatic heterocycles. The Bertz CT molecular complexity index is 358. The Morgan fingerprint density at radius 1 is 1.35 bits per heavy atom. The van der Waals surface area contributed by atoms with Crippen LogP contribution in [-0.2, 0) is 4.74 Å². The second-order valence-corrected chi connectivity index (χ2v) is 4.33. The lowest BCUT2D eigenvalue weighted by Crippen LogP contribution is -2.21. The number of rotatable bonds is 5. The van der Waals surface area contributed by atoms with Crippen molar-refractivity contribution in [3.8, 4) is 0 Å². The van der Waals surface area contributed by atoms with Crippen molar-refractivity contribution in [2.24, 2.45) is 5.92 Å². The zero-order valence-corrected chi connectivity index (χ0v) is 10.4. The Kier molecular flexibility index (Phi) is 4.14. The van der Waals surface area contributed by atoms with E-state index in [4.69, 9.17) is 4.74 Å². The minimum absolute atomic E-state index is 0.340. The Morgan fingerprint density at radius 3 is 2.76 bits per heavy atom. The summed E-state index contributed by atoms with van der Waals surface area (Å²) < 4.78 is 5.53. The van der Waals surface area contributed by atoms with Gasteiger partial charge in [0.25, 0.3) is 0 Å². The van der Waals surface area contributed by atoms with E-state index in [1.54, 1.807) is 12.4 Å². The molecule has 1 fully saturated rings. The molecule has 0 aliphatic carbocycles. The molecule has 0 saturated carbocycles. The molecular formula is C12H20N4O. The second-order valence-electron chi connectivity index (χ2n) is 4.33. The lowest BCUT2D eigenvalue weighted by molar-refractivity contribution is 0.108. The van der Waals surface area contributed by atoms with E-state index in [0.717, 1.165) is 37.8 Å². The maximum atomic E-state index is 5.53. The highest BCUT2D eigenvalue weighted by molar-refractivity contribution is 5.41. The van der Waals surface area contributed by atoms with Crippen LogP contribution in [0.15, 0.2) is 12.4 Å². The molecule has 0 aromatic carbocycles. The van der Waals surface area contributed by atoms with E-state index in [0.29, 0.717) is 12.0 Å². The van der Waals surface area contributed by atoms with E-state index < -0.39 is 0 Å². The molecule has 2 rings (SSSR count). The van der Waals surface area contributed by atoms with Gasteiger partial charge >= 0.3 is 0 Å². The Labute approximate surface area is 102 Å². The third-order valence-corrected chi connectivity index (χ3v) is 3.07. The van der Waals surface area contributed by atoms with Crippen molar-refractivity contribution in [3.05, 3.63) is 12.4 Å². The molecule has 1 saturated heterocycles. The summed E-state index contributed by atoms with van der Waals surface area (Å²) >= 11 is 0. The Hall–Kier alpha value is -1.36. The molecule has 0 bridgehead atoms. The molecule has 2 unspecified atom stereocenters. The highest BCUT2D eigenvalue weighted by atomic mass is 16.5. The molecule has 0 amide bonds. The first-order valence-corrected chi connectivity index (χ1v) is 6.21. The quantitative estimate of drug-likeness (QED) is 0.815. The molecule has 2 N–H and O–H groups in total. The van der Waals surface area contributed by atoms with Crippen molar-refractivity contribution >= 4 is 11.6 Å². The van der Waals surface area contributed by atoms with E-state index >= 15 is 0 Å². The molecule has 1 aromatic rings. The van der Waals surface area contributed by atoms with Crippen LogP contribution in [-0.4, -0.2) is 35.8 Å². The number of hydrogen-bond donors (Lipinski definition) is 2. The topological polar surface area (TPSA) is 59.1 Å². The summed E-state index contributed by atoms with van der Waals surface area (Å²) in [7, 11) is 0. The average molecular weight is 236 g/mol. The van der Waals surface area contributed by atoms with Crippen LogP contribution in [0.4, 0.5) is 11.6 Å². The smallest absolute Gasteiger partial charge is 0.146 e. The van der Waals surface area contributed by atoms with Gasteiger partial charge < -0.3 is 15.4 Å². The Balaban J connectivity index is 1.87. The van der Waals surface area contributed by atoms with Crippen molar-refractivity contribution in [2.45, 2.75) is 26.4 Å². The first kappa shape index (κ1) is 12.1. The maximum Gasteiger partial charge on any atom is 0.146 e. The predicted molar refractivity (Wildman–Crippen MR) is 68.2 cm³/mol. The summed E-state index contributed by atoms with van der Waals surface area (Å²) in [6, 6.07) is 0. The zero-order valence-electron chi connectivity index (χ0n) is 10.4. The van der Waals surface area contributed by atoms with E-state index in [9.17, 15) is 0 Å². The van der Waals surface area contributed by atoms with Gasteiger partial charge in [0.2, 0.25) is 0 Å². The molecule has 2 atom stereocenters. The fraction of sp³-hybridized carbons (Fsp3) is 0.667. The van der Waals surface area contributed by atoms with E-state index in [1.165, 1.54) is 0 Å². The summed E-state index contributed by atoms with van der Waals surface area (Å²) in [6.45, 7) is 6.78. The molecule has 5 nitrogen and oxygen atoms in total. The number of ether oxygens (including phenoxy) is 1. The van der Waals surface area contributed by atoms with Gasteiger partial charge in [-0.2, -0.15) is 0 Å². The predicted octanol–water partition coefficient (Wildman–Crippen LogP) is 1.75. The molecule has 17 heavy (non-hydrogen) atoms. The maximum absolute atomic E-state index is 5.53. The molecule has 5 heteroatoms. The average Bonchev–Trinajstić information content (AvgIpc) is 2.73. The molecule has 1 aliphatic rings. The van der Waals surface area contributed by atoms with E-state index in [1.807, 2.05) is 6.92 Å². The van der Waals surface area contributed by atoms with Crippen LogP contribution in [0.5, 0.6) is 0 Å². The van der Waals surface area contributed by atoms with Crippen LogP contribution in [0.1, 0.15) is 20.3 Å². The lowest BCUT2D eigenvalue weighted by Gasteiger charge is -2.15. The van der Waals surface area contributed by atoms with Gasteiger partial charge in [0.1, 0.15) is 11.6 Å². The number of nitrogens with zero attached hydrogens (tertiary/aromatic N) is 2. The number of hydrogen-bond acceptors (Lipinski definition) is 5. The van der Waals surface area contributed by atoms with Crippen molar-refractivity contribution in [1.82, 2.24) is 9.97 Å². The minimum atomic E-state index is 0.340. The van der Waals surface area contributed by atoms with Crippen molar-refractivity contribution in [1.29, 1.82) is 0 Å². The third kappa shape index (κ3) is 3.30. The van der Waals surface area contributed by atoms with Crippen molar-refractivity contribution < 1.29 is 4.74 Å². The minimum Gasteiger partial charge on any atom is -0.378 e. The van der Waals surface area contributed by atoms with Crippen molar-refractivity contribution in [3.63, 3.8) is 0 Å². The van der Waals surface area contributed by atoms with Crippen molar-refractivity contribution in [2.75, 3.05) is 30.3 Å². The first-order valence-electron chi connectivity index (χ1n) is 6.21.